The van der Waals surface area contributed by atoms with E-state index < -0.39 is 23.3 Å². The maximum Gasteiger partial charge on any atom is 0.426 e. The van der Waals surface area contributed by atoms with E-state index in [2.05, 4.69) is 20.9 Å². The predicted molar refractivity (Wildman–Crippen MR) is 85.8 cm³/mol. The average molecular weight is 373 g/mol. The van der Waals surface area contributed by atoms with E-state index in [0.717, 1.165) is 9.37 Å². The normalized spacial score (nSPS) is 11.8. The van der Waals surface area contributed by atoms with Crippen LogP contribution in [0.1, 0.15) is 41.5 Å². The second-order valence-corrected chi connectivity index (χ2v) is 7.58. The Morgan fingerprint density at radius 2 is 1.68 bits per heavy atom. The van der Waals surface area contributed by atoms with Gasteiger partial charge in [-0.2, -0.15) is 0 Å². The Hall–Kier alpha value is -1.63. The van der Waals surface area contributed by atoms with Crippen molar-refractivity contribution >= 4 is 28.1 Å². The molecular weight excluding hydrogens is 352 g/mol. The van der Waals surface area contributed by atoms with Crippen molar-refractivity contribution in [2.24, 2.45) is 0 Å². The fourth-order valence-electron chi connectivity index (χ4n) is 1.49. The summed E-state index contributed by atoms with van der Waals surface area (Å²) in [5.41, 5.74) is -1.51. The first-order chi connectivity index (χ1) is 9.90. The minimum Gasteiger partial charge on any atom is -0.443 e. The van der Waals surface area contributed by atoms with Crippen molar-refractivity contribution in [3.63, 3.8) is 0 Å². The number of amides is 2. The number of halogens is 1. The molecule has 2 amide bonds. The molecule has 0 fully saturated rings. The topological polar surface area (TPSA) is 68.7 Å². The van der Waals surface area contributed by atoms with E-state index in [0.29, 0.717) is 0 Å². The van der Waals surface area contributed by atoms with Crippen molar-refractivity contribution in [3.8, 4) is 5.88 Å². The van der Waals surface area contributed by atoms with Crippen LogP contribution in [0.5, 0.6) is 5.88 Å². The van der Waals surface area contributed by atoms with Crippen molar-refractivity contribution < 1.29 is 19.1 Å². The summed E-state index contributed by atoms with van der Waals surface area (Å²) in [5, 5.41) is 0. The molecule has 22 heavy (non-hydrogen) atoms. The van der Waals surface area contributed by atoms with Crippen LogP contribution in [0.25, 0.3) is 0 Å². The zero-order valence-corrected chi connectivity index (χ0v) is 15.2. The maximum absolute atomic E-state index is 12.3. The standard InChI is InChI=1S/C15H21BrN2O4/c1-14(2,3)18(13(20)22-15(4,5)6)12(19)21-11-8-7-10(16)9-17-11/h7-9H,1-6H3. The molecule has 0 aromatic carbocycles. The van der Waals surface area contributed by atoms with Gasteiger partial charge in [0.15, 0.2) is 0 Å². The summed E-state index contributed by atoms with van der Waals surface area (Å²) in [5.74, 6) is 0.103. The van der Waals surface area contributed by atoms with Crippen molar-refractivity contribution in [1.82, 2.24) is 9.88 Å². The first kappa shape index (κ1) is 18.4. The van der Waals surface area contributed by atoms with Crippen LogP contribution in [0.4, 0.5) is 9.59 Å². The smallest absolute Gasteiger partial charge is 0.426 e. The van der Waals surface area contributed by atoms with E-state index in [9.17, 15) is 9.59 Å². The first-order valence-corrected chi connectivity index (χ1v) is 7.56. The Morgan fingerprint density at radius 3 is 2.09 bits per heavy atom. The number of imide groups is 1. The molecular formula is C15H21BrN2O4. The summed E-state index contributed by atoms with van der Waals surface area (Å²) in [6, 6.07) is 3.21. The second-order valence-electron chi connectivity index (χ2n) is 6.67. The largest absolute Gasteiger partial charge is 0.443 e. The minimum atomic E-state index is -0.837. The highest BCUT2D eigenvalue weighted by molar-refractivity contribution is 9.10. The molecule has 0 aliphatic carbocycles. The summed E-state index contributed by atoms with van der Waals surface area (Å²) >= 11 is 3.24. The molecule has 0 saturated carbocycles. The van der Waals surface area contributed by atoms with E-state index in [4.69, 9.17) is 9.47 Å². The molecule has 0 radical (unpaired) electrons. The van der Waals surface area contributed by atoms with E-state index in [1.165, 1.54) is 12.3 Å². The van der Waals surface area contributed by atoms with Gasteiger partial charge < -0.3 is 9.47 Å². The third-order valence-corrected chi connectivity index (χ3v) is 2.79. The number of rotatable bonds is 1. The van der Waals surface area contributed by atoms with Gasteiger partial charge in [-0.3, -0.25) is 0 Å². The Kier molecular flexibility index (Phi) is 5.56. The summed E-state index contributed by atoms with van der Waals surface area (Å²) in [4.78, 5) is 29.5. The third kappa shape index (κ3) is 5.63. The van der Waals surface area contributed by atoms with E-state index in [1.807, 2.05) is 0 Å². The predicted octanol–water partition coefficient (Wildman–Crippen LogP) is 4.38. The monoisotopic (exact) mass is 372 g/mol. The molecule has 7 heteroatoms. The van der Waals surface area contributed by atoms with Crippen LogP contribution in [-0.2, 0) is 4.74 Å². The van der Waals surface area contributed by atoms with Crippen molar-refractivity contribution in [2.45, 2.75) is 52.7 Å². The number of pyridine rings is 1. The summed E-state index contributed by atoms with van der Waals surface area (Å²) in [6.07, 6.45) is -0.101. The molecule has 0 unspecified atom stereocenters. The number of carbonyl (C=O) groups is 2. The third-order valence-electron chi connectivity index (χ3n) is 2.32. The Labute approximate surface area is 138 Å². The molecule has 0 aliphatic heterocycles. The van der Waals surface area contributed by atoms with Gasteiger partial charge in [0.05, 0.1) is 0 Å². The Bertz CT molecular complexity index is 544. The molecule has 1 aromatic heterocycles. The molecule has 122 valence electrons. The van der Waals surface area contributed by atoms with E-state index in [1.54, 1.807) is 47.6 Å². The van der Waals surface area contributed by atoms with E-state index >= 15 is 0 Å². The minimum absolute atomic E-state index is 0.103. The highest BCUT2D eigenvalue weighted by atomic mass is 79.9. The molecule has 0 saturated heterocycles. The number of ether oxygens (including phenoxy) is 2. The molecule has 0 N–H and O–H groups in total. The van der Waals surface area contributed by atoms with Crippen LogP contribution in [-0.4, -0.2) is 33.2 Å². The lowest BCUT2D eigenvalue weighted by Crippen LogP contribution is -2.52. The van der Waals surface area contributed by atoms with Gasteiger partial charge in [-0.05, 0) is 63.5 Å². The molecule has 1 rings (SSSR count). The van der Waals surface area contributed by atoms with Crippen LogP contribution in [0.2, 0.25) is 0 Å². The molecule has 0 spiro atoms. The van der Waals surface area contributed by atoms with Crippen molar-refractivity contribution in [2.75, 3.05) is 0 Å². The number of aromatic nitrogens is 1. The highest BCUT2D eigenvalue weighted by Crippen LogP contribution is 2.21. The van der Waals surface area contributed by atoms with Gasteiger partial charge in [0.25, 0.3) is 0 Å². The maximum atomic E-state index is 12.3. The van der Waals surface area contributed by atoms with Gasteiger partial charge in [-0.1, -0.05) is 0 Å². The quantitative estimate of drug-likeness (QED) is 0.731. The lowest BCUT2D eigenvalue weighted by Gasteiger charge is -2.33. The van der Waals surface area contributed by atoms with Crippen LogP contribution in [0.3, 0.4) is 0 Å². The fourth-order valence-corrected chi connectivity index (χ4v) is 1.72. The fraction of sp³-hybridized carbons (Fsp3) is 0.533. The van der Waals surface area contributed by atoms with Crippen LogP contribution in [0.15, 0.2) is 22.8 Å². The SMILES string of the molecule is CC(C)(C)OC(=O)N(C(=O)Oc1ccc(Br)cn1)C(C)(C)C. The number of carbonyl (C=O) groups excluding carboxylic acids is 2. The molecule has 1 heterocycles. The number of nitrogens with zero attached hydrogens (tertiary/aromatic N) is 2. The Morgan fingerprint density at radius 1 is 1.09 bits per heavy atom. The molecule has 0 atom stereocenters. The van der Waals surface area contributed by atoms with Crippen molar-refractivity contribution in [3.05, 3.63) is 22.8 Å². The first-order valence-electron chi connectivity index (χ1n) is 6.77. The molecule has 6 nitrogen and oxygen atoms in total. The van der Waals surface area contributed by atoms with E-state index in [-0.39, 0.29) is 5.88 Å². The lowest BCUT2D eigenvalue weighted by molar-refractivity contribution is 0.0117. The zero-order valence-electron chi connectivity index (χ0n) is 13.6. The summed E-state index contributed by atoms with van der Waals surface area (Å²) in [6.45, 7) is 10.3. The Balaban J connectivity index is 2.95. The number of hydrogen-bond acceptors (Lipinski definition) is 5. The summed E-state index contributed by atoms with van der Waals surface area (Å²) < 4.78 is 11.2. The average Bonchev–Trinajstić information content (AvgIpc) is 2.27. The highest BCUT2D eigenvalue weighted by Gasteiger charge is 2.37. The van der Waals surface area contributed by atoms with Gasteiger partial charge in [0.2, 0.25) is 5.88 Å². The van der Waals surface area contributed by atoms with Gasteiger partial charge in [0.1, 0.15) is 5.60 Å². The summed E-state index contributed by atoms with van der Waals surface area (Å²) in [7, 11) is 0. The van der Waals surface area contributed by atoms with Gasteiger partial charge in [0, 0.05) is 22.3 Å². The molecule has 0 bridgehead atoms. The zero-order chi connectivity index (χ0) is 17.1. The molecule has 1 aromatic rings. The van der Waals surface area contributed by atoms with Crippen LogP contribution in [0, 0.1) is 0 Å². The lowest BCUT2D eigenvalue weighted by atomic mass is 10.1. The van der Waals surface area contributed by atoms with Gasteiger partial charge >= 0.3 is 12.2 Å². The van der Waals surface area contributed by atoms with Gasteiger partial charge in [-0.25, -0.2) is 19.5 Å². The van der Waals surface area contributed by atoms with Crippen molar-refractivity contribution in [1.29, 1.82) is 0 Å². The van der Waals surface area contributed by atoms with Crippen LogP contribution >= 0.6 is 15.9 Å². The number of hydrogen-bond donors (Lipinski definition) is 0. The molecule has 0 aliphatic rings. The van der Waals surface area contributed by atoms with Gasteiger partial charge in [-0.15, -0.1) is 0 Å². The van der Waals surface area contributed by atoms with Crippen LogP contribution < -0.4 is 4.74 Å². The second kappa shape index (κ2) is 6.64.